The molecule has 0 aliphatic carbocycles. The van der Waals surface area contributed by atoms with Crippen molar-refractivity contribution in [2.75, 3.05) is 19.6 Å². The van der Waals surface area contributed by atoms with Crippen LogP contribution in [0.2, 0.25) is 0 Å². The first kappa shape index (κ1) is 17.7. The maximum atomic E-state index is 14.7. The average molecular weight is 384 g/mol. The molecule has 1 aromatic heterocycles. The lowest BCUT2D eigenvalue weighted by Gasteiger charge is -2.51. The van der Waals surface area contributed by atoms with Gasteiger partial charge in [0.25, 0.3) is 5.91 Å². The molecule has 2 bridgehead atoms. The first-order chi connectivity index (χ1) is 13.6. The zero-order valence-electron chi connectivity index (χ0n) is 15.7. The molecule has 6 rings (SSSR count). The van der Waals surface area contributed by atoms with Gasteiger partial charge >= 0.3 is 0 Å². The fraction of sp³-hybridized carbons (Fsp3) is 0.476. The van der Waals surface area contributed by atoms with Crippen molar-refractivity contribution in [1.29, 1.82) is 0 Å². The largest absolute Gasteiger partial charge is 0.333 e. The highest BCUT2D eigenvalue weighted by atomic mass is 19.2. The van der Waals surface area contributed by atoms with Gasteiger partial charge in [-0.1, -0.05) is 12.1 Å². The molecule has 5 nitrogen and oxygen atoms in total. The van der Waals surface area contributed by atoms with Crippen LogP contribution in [0.3, 0.4) is 0 Å². The first-order valence-corrected chi connectivity index (χ1v) is 9.82. The highest BCUT2D eigenvalue weighted by Crippen LogP contribution is 2.47. The monoisotopic (exact) mass is 384 g/mol. The van der Waals surface area contributed by atoms with Crippen molar-refractivity contribution in [3.63, 3.8) is 0 Å². The van der Waals surface area contributed by atoms with Crippen LogP contribution in [0.4, 0.5) is 8.78 Å². The summed E-state index contributed by atoms with van der Waals surface area (Å²) in [5, 5.41) is 0. The van der Waals surface area contributed by atoms with E-state index < -0.39 is 11.6 Å². The SMILES string of the molecule is Cc1ncncc1C(=O)N1C[C@H](c2cccc(F)c2F)[C@H]2[C@@H]1C1CCN2CC1. The Hall–Kier alpha value is -2.41. The van der Waals surface area contributed by atoms with Crippen LogP contribution >= 0.6 is 0 Å². The number of likely N-dealkylation sites (tertiary alicyclic amines) is 1. The summed E-state index contributed by atoms with van der Waals surface area (Å²) in [5.41, 5.74) is 1.50. The second-order valence-electron chi connectivity index (χ2n) is 8.08. The summed E-state index contributed by atoms with van der Waals surface area (Å²) in [5.74, 6) is -1.58. The molecule has 4 aliphatic heterocycles. The molecule has 146 valence electrons. The van der Waals surface area contributed by atoms with Crippen LogP contribution in [-0.4, -0.2) is 57.4 Å². The van der Waals surface area contributed by atoms with E-state index in [0.717, 1.165) is 32.0 Å². The summed E-state index contributed by atoms with van der Waals surface area (Å²) in [6.45, 7) is 4.09. The van der Waals surface area contributed by atoms with Gasteiger partial charge in [-0.2, -0.15) is 0 Å². The quantitative estimate of drug-likeness (QED) is 0.799. The van der Waals surface area contributed by atoms with Gasteiger partial charge in [-0.15, -0.1) is 0 Å². The predicted octanol–water partition coefficient (Wildman–Crippen LogP) is 2.77. The van der Waals surface area contributed by atoms with Crippen LogP contribution in [0.1, 0.15) is 40.4 Å². The third kappa shape index (κ3) is 2.56. The number of aryl methyl sites for hydroxylation is 1. The number of hydrogen-bond acceptors (Lipinski definition) is 4. The van der Waals surface area contributed by atoms with Crippen LogP contribution in [0.25, 0.3) is 0 Å². The van der Waals surface area contributed by atoms with Crippen LogP contribution in [-0.2, 0) is 0 Å². The van der Waals surface area contributed by atoms with E-state index in [9.17, 15) is 13.6 Å². The number of piperidine rings is 3. The molecule has 4 fully saturated rings. The molecule has 0 saturated carbocycles. The Bertz CT molecular complexity index is 928. The van der Waals surface area contributed by atoms with Gasteiger partial charge in [-0.25, -0.2) is 18.7 Å². The number of carbonyl (C=O) groups is 1. The van der Waals surface area contributed by atoms with Gasteiger partial charge in [0.15, 0.2) is 11.6 Å². The van der Waals surface area contributed by atoms with Crippen molar-refractivity contribution in [1.82, 2.24) is 19.8 Å². The number of halogens is 2. The minimum Gasteiger partial charge on any atom is -0.333 e. The number of hydrogen-bond donors (Lipinski definition) is 0. The lowest BCUT2D eigenvalue weighted by molar-refractivity contribution is -0.00364. The van der Waals surface area contributed by atoms with Crippen molar-refractivity contribution < 1.29 is 13.6 Å². The number of fused-ring (bicyclic) bond motifs is 2. The van der Waals surface area contributed by atoms with Gasteiger partial charge in [0.1, 0.15) is 6.33 Å². The summed E-state index contributed by atoms with van der Waals surface area (Å²) < 4.78 is 28.6. The fourth-order valence-corrected chi connectivity index (χ4v) is 5.49. The number of benzene rings is 1. The molecule has 4 aliphatic rings. The standard InChI is InChI=1S/C21H22F2N4O/c1-12-15(9-24-11-25-12)21(28)27-10-16(14-3-2-4-17(22)18(14)23)20-19(27)13-5-7-26(20)8-6-13/h2-4,9,11,13,16,19-20H,5-8,10H2,1H3/t16-,19+,20+/m1/s1. The normalized spacial score (nSPS) is 31.1. The number of aromatic nitrogens is 2. The average Bonchev–Trinajstić information content (AvgIpc) is 3.13. The summed E-state index contributed by atoms with van der Waals surface area (Å²) in [6.07, 6.45) is 5.05. The van der Waals surface area contributed by atoms with Crippen molar-refractivity contribution in [2.24, 2.45) is 5.92 Å². The molecule has 2 aromatic rings. The molecule has 5 heterocycles. The molecule has 1 aromatic carbocycles. The Balaban J connectivity index is 1.57. The van der Waals surface area contributed by atoms with E-state index in [1.165, 1.54) is 6.33 Å². The highest BCUT2D eigenvalue weighted by molar-refractivity contribution is 5.95. The van der Waals surface area contributed by atoms with Gasteiger partial charge in [-0.05, 0) is 50.4 Å². The smallest absolute Gasteiger partial charge is 0.257 e. The molecule has 1 amide bonds. The maximum absolute atomic E-state index is 14.7. The zero-order valence-corrected chi connectivity index (χ0v) is 15.7. The van der Waals surface area contributed by atoms with E-state index in [-0.39, 0.29) is 23.9 Å². The molecule has 0 spiro atoms. The lowest BCUT2D eigenvalue weighted by atomic mass is 9.75. The Morgan fingerprint density at radius 3 is 2.71 bits per heavy atom. The maximum Gasteiger partial charge on any atom is 0.257 e. The van der Waals surface area contributed by atoms with Crippen LogP contribution in [0, 0.1) is 24.5 Å². The molecular formula is C21H22F2N4O. The van der Waals surface area contributed by atoms with E-state index in [0.29, 0.717) is 29.3 Å². The summed E-state index contributed by atoms with van der Waals surface area (Å²) in [6, 6.07) is 4.40. The molecule has 4 saturated heterocycles. The number of rotatable bonds is 2. The van der Waals surface area contributed by atoms with Gasteiger partial charge in [-0.3, -0.25) is 9.69 Å². The van der Waals surface area contributed by atoms with Crippen LogP contribution in [0.5, 0.6) is 0 Å². The fourth-order valence-electron chi connectivity index (χ4n) is 5.49. The highest BCUT2D eigenvalue weighted by Gasteiger charge is 2.55. The number of nitrogens with zero attached hydrogens (tertiary/aromatic N) is 4. The van der Waals surface area contributed by atoms with Gasteiger partial charge in [0.05, 0.1) is 17.3 Å². The minimum absolute atomic E-state index is 0.0160. The van der Waals surface area contributed by atoms with E-state index in [1.54, 1.807) is 25.3 Å². The van der Waals surface area contributed by atoms with Gasteiger partial charge < -0.3 is 4.90 Å². The predicted molar refractivity (Wildman–Crippen MR) is 98.8 cm³/mol. The number of carbonyl (C=O) groups excluding carboxylic acids is 1. The van der Waals surface area contributed by atoms with Crippen molar-refractivity contribution in [2.45, 2.75) is 37.8 Å². The van der Waals surface area contributed by atoms with Crippen LogP contribution in [0.15, 0.2) is 30.7 Å². The number of amides is 1. The second-order valence-corrected chi connectivity index (χ2v) is 8.08. The Labute approximate surface area is 162 Å². The van der Waals surface area contributed by atoms with Crippen LogP contribution < -0.4 is 0 Å². The minimum atomic E-state index is -0.831. The molecule has 0 unspecified atom stereocenters. The summed E-state index contributed by atoms with van der Waals surface area (Å²) in [4.78, 5) is 25.8. The second kappa shape index (κ2) is 6.58. The molecule has 0 radical (unpaired) electrons. The lowest BCUT2D eigenvalue weighted by Crippen LogP contribution is -2.60. The van der Waals surface area contributed by atoms with Crippen molar-refractivity contribution in [3.05, 3.63) is 59.2 Å². The first-order valence-electron chi connectivity index (χ1n) is 9.82. The Morgan fingerprint density at radius 1 is 1.18 bits per heavy atom. The molecule has 28 heavy (non-hydrogen) atoms. The van der Waals surface area contributed by atoms with E-state index in [4.69, 9.17) is 0 Å². The Kier molecular flexibility index (Phi) is 4.16. The van der Waals surface area contributed by atoms with Gasteiger partial charge in [0.2, 0.25) is 0 Å². The topological polar surface area (TPSA) is 49.3 Å². The Morgan fingerprint density at radius 2 is 1.96 bits per heavy atom. The third-order valence-electron chi connectivity index (χ3n) is 6.78. The molecule has 3 atom stereocenters. The summed E-state index contributed by atoms with van der Waals surface area (Å²) in [7, 11) is 0. The molecule has 7 heteroatoms. The van der Waals surface area contributed by atoms with E-state index in [1.807, 2.05) is 4.90 Å². The molecule has 0 N–H and O–H groups in total. The summed E-state index contributed by atoms with van der Waals surface area (Å²) >= 11 is 0. The molecular weight excluding hydrogens is 362 g/mol. The third-order valence-corrected chi connectivity index (χ3v) is 6.78. The van der Waals surface area contributed by atoms with E-state index >= 15 is 0 Å². The van der Waals surface area contributed by atoms with Crippen molar-refractivity contribution in [3.8, 4) is 0 Å². The zero-order chi connectivity index (χ0) is 19.4. The van der Waals surface area contributed by atoms with E-state index in [2.05, 4.69) is 14.9 Å². The van der Waals surface area contributed by atoms with Crippen molar-refractivity contribution >= 4 is 5.91 Å². The van der Waals surface area contributed by atoms with Gasteiger partial charge in [0, 0.05) is 24.7 Å².